The molecule has 0 bridgehead atoms. The standard InChI is InChI=1S/C12H16ClNOS/c13-8-9-3-1-5-11(9)14-12(15)7-10-4-2-6-16-10/h2,4,6,9,11H,1,3,5,7-8H2,(H,14,15). The van der Waals surface area contributed by atoms with Crippen LogP contribution in [0.25, 0.3) is 0 Å². The Morgan fingerprint density at radius 1 is 1.56 bits per heavy atom. The van der Waals surface area contributed by atoms with Gasteiger partial charge in [0.1, 0.15) is 0 Å². The Kier molecular flexibility index (Phi) is 4.24. The van der Waals surface area contributed by atoms with Crippen LogP contribution in [-0.2, 0) is 11.2 Å². The predicted molar refractivity (Wildman–Crippen MR) is 68.0 cm³/mol. The Morgan fingerprint density at radius 3 is 3.12 bits per heavy atom. The van der Waals surface area contributed by atoms with Gasteiger partial charge in [0.2, 0.25) is 5.91 Å². The highest BCUT2D eigenvalue weighted by Crippen LogP contribution is 2.26. The molecule has 16 heavy (non-hydrogen) atoms. The van der Waals surface area contributed by atoms with E-state index in [1.54, 1.807) is 11.3 Å². The minimum absolute atomic E-state index is 0.129. The second-order valence-electron chi connectivity index (χ2n) is 4.28. The summed E-state index contributed by atoms with van der Waals surface area (Å²) in [6, 6.07) is 4.27. The maximum atomic E-state index is 11.8. The molecule has 2 rings (SSSR count). The van der Waals surface area contributed by atoms with Crippen molar-refractivity contribution in [1.82, 2.24) is 5.32 Å². The molecule has 2 atom stereocenters. The number of rotatable bonds is 4. The van der Waals surface area contributed by atoms with E-state index in [2.05, 4.69) is 5.32 Å². The second-order valence-corrected chi connectivity index (χ2v) is 5.62. The maximum Gasteiger partial charge on any atom is 0.225 e. The van der Waals surface area contributed by atoms with Crippen molar-refractivity contribution >= 4 is 28.8 Å². The Labute approximate surface area is 105 Å². The molecule has 1 amide bonds. The highest BCUT2D eigenvalue weighted by atomic mass is 35.5. The molecule has 1 fully saturated rings. The van der Waals surface area contributed by atoms with E-state index in [1.807, 2.05) is 17.5 Å². The number of hydrogen-bond acceptors (Lipinski definition) is 2. The third kappa shape index (κ3) is 2.98. The second kappa shape index (κ2) is 5.69. The van der Waals surface area contributed by atoms with Gasteiger partial charge in [-0.2, -0.15) is 0 Å². The summed E-state index contributed by atoms with van der Waals surface area (Å²) in [4.78, 5) is 12.9. The van der Waals surface area contributed by atoms with Crippen LogP contribution in [0.1, 0.15) is 24.1 Å². The molecule has 1 aromatic rings. The molecule has 88 valence electrons. The molecule has 1 N–H and O–H groups in total. The van der Waals surface area contributed by atoms with E-state index >= 15 is 0 Å². The van der Waals surface area contributed by atoms with Gasteiger partial charge in [-0.05, 0) is 30.2 Å². The number of amides is 1. The first-order valence-corrected chi connectivity index (χ1v) is 7.08. The van der Waals surface area contributed by atoms with Crippen LogP contribution < -0.4 is 5.32 Å². The van der Waals surface area contributed by atoms with Gasteiger partial charge in [-0.15, -0.1) is 22.9 Å². The van der Waals surface area contributed by atoms with E-state index in [0.717, 1.165) is 17.7 Å². The van der Waals surface area contributed by atoms with Gasteiger partial charge in [0.15, 0.2) is 0 Å². The Balaban J connectivity index is 1.83. The van der Waals surface area contributed by atoms with Gasteiger partial charge in [0.05, 0.1) is 6.42 Å². The van der Waals surface area contributed by atoms with Gasteiger partial charge >= 0.3 is 0 Å². The zero-order valence-corrected chi connectivity index (χ0v) is 10.7. The first-order valence-electron chi connectivity index (χ1n) is 5.67. The van der Waals surface area contributed by atoms with Crippen LogP contribution in [0.2, 0.25) is 0 Å². The molecule has 1 aliphatic carbocycles. The topological polar surface area (TPSA) is 29.1 Å². The van der Waals surface area contributed by atoms with Gasteiger partial charge < -0.3 is 5.32 Å². The van der Waals surface area contributed by atoms with E-state index < -0.39 is 0 Å². The van der Waals surface area contributed by atoms with Crippen molar-refractivity contribution in [3.05, 3.63) is 22.4 Å². The fraction of sp³-hybridized carbons (Fsp3) is 0.583. The number of hydrogen-bond donors (Lipinski definition) is 1. The minimum Gasteiger partial charge on any atom is -0.353 e. The molecule has 1 aromatic heterocycles. The monoisotopic (exact) mass is 257 g/mol. The first-order chi connectivity index (χ1) is 7.79. The van der Waals surface area contributed by atoms with Crippen molar-refractivity contribution in [2.45, 2.75) is 31.7 Å². The quantitative estimate of drug-likeness (QED) is 0.826. The minimum atomic E-state index is 0.129. The Hall–Kier alpha value is -0.540. The van der Waals surface area contributed by atoms with Crippen molar-refractivity contribution in [1.29, 1.82) is 0 Å². The number of alkyl halides is 1. The van der Waals surface area contributed by atoms with Crippen molar-refractivity contribution in [3.63, 3.8) is 0 Å². The summed E-state index contributed by atoms with van der Waals surface area (Å²) in [5, 5.41) is 5.10. The van der Waals surface area contributed by atoms with Crippen LogP contribution in [0, 0.1) is 5.92 Å². The molecule has 4 heteroatoms. The maximum absolute atomic E-state index is 11.8. The first kappa shape index (κ1) is 11.9. The van der Waals surface area contributed by atoms with Gasteiger partial charge in [-0.3, -0.25) is 4.79 Å². The lowest BCUT2D eigenvalue weighted by atomic mass is 10.1. The normalized spacial score (nSPS) is 24.6. The number of thiophene rings is 1. The van der Waals surface area contributed by atoms with Gasteiger partial charge in [-0.25, -0.2) is 0 Å². The third-order valence-corrected chi connectivity index (χ3v) is 4.39. The molecule has 0 spiro atoms. The third-order valence-electron chi connectivity index (χ3n) is 3.12. The van der Waals surface area contributed by atoms with Crippen LogP contribution in [0.5, 0.6) is 0 Å². The molecule has 0 aliphatic heterocycles. The number of carbonyl (C=O) groups excluding carboxylic acids is 1. The lowest BCUT2D eigenvalue weighted by Gasteiger charge is -2.18. The molecule has 2 nitrogen and oxygen atoms in total. The molecule has 0 saturated heterocycles. The molecule has 1 aliphatic rings. The molecular weight excluding hydrogens is 242 g/mol. The summed E-state index contributed by atoms with van der Waals surface area (Å²) in [5.41, 5.74) is 0. The summed E-state index contributed by atoms with van der Waals surface area (Å²) in [6.07, 6.45) is 3.91. The van der Waals surface area contributed by atoms with E-state index in [1.165, 1.54) is 6.42 Å². The van der Waals surface area contributed by atoms with E-state index in [-0.39, 0.29) is 5.91 Å². The summed E-state index contributed by atoms with van der Waals surface area (Å²) in [6.45, 7) is 0. The molecule has 0 radical (unpaired) electrons. The molecule has 1 heterocycles. The van der Waals surface area contributed by atoms with Gasteiger partial charge in [-0.1, -0.05) is 12.5 Å². The fourth-order valence-electron chi connectivity index (χ4n) is 2.24. The van der Waals surface area contributed by atoms with Crippen LogP contribution in [0.15, 0.2) is 17.5 Å². The van der Waals surface area contributed by atoms with E-state index in [9.17, 15) is 4.79 Å². The average molecular weight is 258 g/mol. The van der Waals surface area contributed by atoms with E-state index in [0.29, 0.717) is 24.3 Å². The summed E-state index contributed by atoms with van der Waals surface area (Å²) in [7, 11) is 0. The smallest absolute Gasteiger partial charge is 0.225 e. The zero-order chi connectivity index (χ0) is 11.4. The SMILES string of the molecule is O=C(Cc1cccs1)NC1CCCC1CCl. The highest BCUT2D eigenvalue weighted by molar-refractivity contribution is 7.10. The fourth-order valence-corrected chi connectivity index (χ4v) is 3.31. The number of halogens is 1. The van der Waals surface area contributed by atoms with Crippen LogP contribution >= 0.6 is 22.9 Å². The van der Waals surface area contributed by atoms with Crippen LogP contribution in [-0.4, -0.2) is 17.8 Å². The Bertz CT molecular complexity index is 339. The average Bonchev–Trinajstić information content (AvgIpc) is 2.88. The summed E-state index contributed by atoms with van der Waals surface area (Å²) in [5.74, 6) is 1.25. The molecule has 0 aromatic carbocycles. The zero-order valence-electron chi connectivity index (χ0n) is 9.12. The summed E-state index contributed by atoms with van der Waals surface area (Å²) >= 11 is 7.51. The Morgan fingerprint density at radius 2 is 2.44 bits per heavy atom. The van der Waals surface area contributed by atoms with Crippen molar-refractivity contribution in [2.75, 3.05) is 5.88 Å². The largest absolute Gasteiger partial charge is 0.353 e. The predicted octanol–water partition coefficient (Wildman–Crippen LogP) is 2.81. The van der Waals surface area contributed by atoms with Crippen molar-refractivity contribution in [3.8, 4) is 0 Å². The van der Waals surface area contributed by atoms with E-state index in [4.69, 9.17) is 11.6 Å². The molecule has 2 unspecified atom stereocenters. The number of nitrogens with one attached hydrogen (secondary N) is 1. The summed E-state index contributed by atoms with van der Waals surface area (Å²) < 4.78 is 0. The number of carbonyl (C=O) groups is 1. The lowest BCUT2D eigenvalue weighted by Crippen LogP contribution is -2.38. The van der Waals surface area contributed by atoms with Crippen LogP contribution in [0.4, 0.5) is 0 Å². The van der Waals surface area contributed by atoms with Crippen molar-refractivity contribution in [2.24, 2.45) is 5.92 Å². The van der Waals surface area contributed by atoms with Crippen molar-refractivity contribution < 1.29 is 4.79 Å². The molecule has 1 saturated carbocycles. The van der Waals surface area contributed by atoms with Gasteiger partial charge in [0, 0.05) is 16.8 Å². The van der Waals surface area contributed by atoms with Gasteiger partial charge in [0.25, 0.3) is 0 Å². The van der Waals surface area contributed by atoms with Crippen LogP contribution in [0.3, 0.4) is 0 Å². The highest BCUT2D eigenvalue weighted by Gasteiger charge is 2.27. The molecular formula is C12H16ClNOS. The lowest BCUT2D eigenvalue weighted by molar-refractivity contribution is -0.121.